The summed E-state index contributed by atoms with van der Waals surface area (Å²) in [7, 11) is 0. The predicted molar refractivity (Wildman–Crippen MR) is 114 cm³/mol. The number of alkyl halides is 1. The van der Waals surface area contributed by atoms with Gasteiger partial charge in [0.1, 0.15) is 11.9 Å². The Bertz CT molecular complexity index is 905. The fourth-order valence-electron chi connectivity index (χ4n) is 4.38. The Labute approximate surface area is 170 Å². The van der Waals surface area contributed by atoms with Crippen LogP contribution in [0.15, 0.2) is 58.6 Å². The van der Waals surface area contributed by atoms with E-state index in [2.05, 4.69) is 21.1 Å². The van der Waals surface area contributed by atoms with E-state index in [1.54, 1.807) is 12.3 Å². The molecule has 4 rings (SSSR count). The molecule has 0 aromatic heterocycles. The molecule has 2 unspecified atom stereocenters. The van der Waals surface area contributed by atoms with Crippen LogP contribution in [0.25, 0.3) is 0 Å². The second-order valence-electron chi connectivity index (χ2n) is 7.92. The van der Waals surface area contributed by atoms with E-state index in [1.165, 1.54) is 5.56 Å². The zero-order valence-corrected chi connectivity index (χ0v) is 16.4. The highest BCUT2D eigenvalue weighted by Gasteiger charge is 2.31. The summed E-state index contributed by atoms with van der Waals surface area (Å²) in [5.74, 6) is 6.35. The lowest BCUT2D eigenvalue weighted by Crippen LogP contribution is -2.37. The number of nitrogens with zero attached hydrogens (tertiary/aromatic N) is 3. The number of benzene rings is 2. The third kappa shape index (κ3) is 4.48. The number of phenols is 1. The van der Waals surface area contributed by atoms with Crippen LogP contribution in [0.5, 0.6) is 5.75 Å². The molecule has 152 valence electrons. The molecule has 0 amide bonds. The highest BCUT2D eigenvalue weighted by molar-refractivity contribution is 6.31. The van der Waals surface area contributed by atoms with Gasteiger partial charge < -0.3 is 10.9 Å². The summed E-state index contributed by atoms with van der Waals surface area (Å²) >= 11 is 0. The van der Waals surface area contributed by atoms with Crippen LogP contribution in [-0.2, 0) is 6.42 Å². The Morgan fingerprint density at radius 3 is 2.69 bits per heavy atom. The maximum atomic E-state index is 14.6. The molecule has 0 radical (unpaired) electrons. The maximum absolute atomic E-state index is 14.6. The van der Waals surface area contributed by atoms with Crippen molar-refractivity contribution in [1.29, 1.82) is 0 Å². The van der Waals surface area contributed by atoms with E-state index in [-0.39, 0.29) is 0 Å². The van der Waals surface area contributed by atoms with E-state index in [1.807, 2.05) is 36.4 Å². The molecular formula is C23H27FN4O. The van der Waals surface area contributed by atoms with Crippen molar-refractivity contribution in [2.24, 2.45) is 15.9 Å². The average molecular weight is 394 g/mol. The molecule has 1 heterocycles. The number of likely N-dealkylation sites (tertiary alicyclic amines) is 1. The number of hydrogen-bond acceptors (Lipinski definition) is 5. The number of nitrogens with two attached hydrogens (primary N) is 1. The van der Waals surface area contributed by atoms with Crippen molar-refractivity contribution in [3.8, 4) is 5.75 Å². The summed E-state index contributed by atoms with van der Waals surface area (Å²) < 4.78 is 14.6. The summed E-state index contributed by atoms with van der Waals surface area (Å²) in [6, 6.07) is 14.7. The minimum atomic E-state index is -1.07. The zero-order valence-electron chi connectivity index (χ0n) is 16.4. The van der Waals surface area contributed by atoms with Gasteiger partial charge >= 0.3 is 0 Å². The molecule has 6 heteroatoms. The summed E-state index contributed by atoms with van der Waals surface area (Å²) in [5.41, 5.74) is 3.63. The molecule has 2 aromatic carbocycles. The molecule has 2 atom stereocenters. The third-order valence-corrected chi connectivity index (χ3v) is 6.01. The predicted octanol–water partition coefficient (Wildman–Crippen LogP) is 3.59. The lowest BCUT2D eigenvalue weighted by molar-refractivity contribution is 0.239. The van der Waals surface area contributed by atoms with Gasteiger partial charge in [0.25, 0.3) is 0 Å². The molecule has 1 aliphatic carbocycles. The first-order valence-corrected chi connectivity index (χ1v) is 10.2. The van der Waals surface area contributed by atoms with E-state index >= 15 is 0 Å². The van der Waals surface area contributed by atoms with E-state index in [4.69, 9.17) is 5.84 Å². The fraction of sp³-hybridized carbons (Fsp3) is 0.391. The van der Waals surface area contributed by atoms with Crippen LogP contribution < -0.4 is 5.84 Å². The number of fused-ring (bicyclic) bond motifs is 1. The highest BCUT2D eigenvalue weighted by Crippen LogP contribution is 2.36. The number of rotatable bonds is 5. The minimum absolute atomic E-state index is 0.318. The summed E-state index contributed by atoms with van der Waals surface area (Å²) in [4.78, 5) is 6.76. The molecule has 5 nitrogen and oxygen atoms in total. The van der Waals surface area contributed by atoms with Gasteiger partial charge in [-0.25, -0.2) is 4.39 Å². The molecule has 0 saturated carbocycles. The Kier molecular flexibility index (Phi) is 5.90. The quantitative estimate of drug-likeness (QED) is 0.462. The lowest BCUT2D eigenvalue weighted by atomic mass is 9.89. The van der Waals surface area contributed by atoms with Crippen LogP contribution >= 0.6 is 0 Å². The Morgan fingerprint density at radius 2 is 1.97 bits per heavy atom. The van der Waals surface area contributed by atoms with Crippen LogP contribution in [0.3, 0.4) is 0 Å². The second kappa shape index (κ2) is 8.74. The summed E-state index contributed by atoms with van der Waals surface area (Å²) in [6.45, 7) is 2.46. The number of piperidine rings is 1. The van der Waals surface area contributed by atoms with Crippen molar-refractivity contribution in [3.05, 3.63) is 65.2 Å². The van der Waals surface area contributed by atoms with Crippen LogP contribution in [0.4, 0.5) is 4.39 Å². The molecule has 1 fully saturated rings. The van der Waals surface area contributed by atoms with Gasteiger partial charge in [-0.2, -0.15) is 5.10 Å². The SMILES string of the molecule is NN=C(C=NC1Cc2ccccc2C1F)CN1CCC(c2cccc(O)c2)CC1. The van der Waals surface area contributed by atoms with Gasteiger partial charge in [-0.15, -0.1) is 0 Å². The molecule has 0 spiro atoms. The molecule has 2 aromatic rings. The number of hydrazone groups is 1. The van der Waals surface area contributed by atoms with Crippen molar-refractivity contribution >= 4 is 11.9 Å². The summed E-state index contributed by atoms with van der Waals surface area (Å²) in [5, 5.41) is 13.6. The van der Waals surface area contributed by atoms with Crippen LogP contribution in [0, 0.1) is 0 Å². The average Bonchev–Trinajstić information content (AvgIpc) is 3.07. The highest BCUT2D eigenvalue weighted by atomic mass is 19.1. The maximum Gasteiger partial charge on any atom is 0.148 e. The topological polar surface area (TPSA) is 74.2 Å². The molecule has 2 aliphatic rings. The molecule has 3 N–H and O–H groups in total. The van der Waals surface area contributed by atoms with Gasteiger partial charge in [-0.1, -0.05) is 36.4 Å². The monoisotopic (exact) mass is 394 g/mol. The van der Waals surface area contributed by atoms with Crippen molar-refractivity contribution in [3.63, 3.8) is 0 Å². The first-order chi connectivity index (χ1) is 14.1. The van der Waals surface area contributed by atoms with Crippen LogP contribution in [-0.4, -0.2) is 47.6 Å². The number of halogens is 1. The number of aliphatic imine (C=N–C) groups is 1. The number of phenolic OH excluding ortho intramolecular Hbond substituents is 1. The summed E-state index contributed by atoms with van der Waals surface area (Å²) in [6.07, 6.45) is 3.22. The smallest absolute Gasteiger partial charge is 0.148 e. The molecule has 0 bridgehead atoms. The van der Waals surface area contributed by atoms with E-state index in [9.17, 15) is 9.50 Å². The Hall–Kier alpha value is -2.73. The van der Waals surface area contributed by atoms with Crippen molar-refractivity contribution in [2.45, 2.75) is 37.4 Å². The van der Waals surface area contributed by atoms with E-state index < -0.39 is 12.2 Å². The van der Waals surface area contributed by atoms with Gasteiger partial charge in [0, 0.05) is 12.8 Å². The first-order valence-electron chi connectivity index (χ1n) is 10.2. The number of aromatic hydroxyl groups is 1. The second-order valence-corrected chi connectivity index (χ2v) is 7.92. The van der Waals surface area contributed by atoms with Gasteiger partial charge in [0.05, 0.1) is 11.8 Å². The molecular weight excluding hydrogens is 367 g/mol. The fourth-order valence-corrected chi connectivity index (χ4v) is 4.38. The third-order valence-electron chi connectivity index (χ3n) is 6.01. The standard InChI is InChI=1S/C23H27FN4O/c24-23-21-7-2-1-4-18(21)13-22(23)26-14-19(27-25)15-28-10-8-16(9-11-28)17-5-3-6-20(29)12-17/h1-7,12,14,16,22-23,29H,8-11,13,15,25H2. The van der Waals surface area contributed by atoms with Crippen molar-refractivity contribution in [1.82, 2.24) is 4.90 Å². The van der Waals surface area contributed by atoms with Gasteiger partial charge in [0.2, 0.25) is 0 Å². The van der Waals surface area contributed by atoms with Gasteiger partial charge in [-0.3, -0.25) is 9.89 Å². The molecule has 1 aliphatic heterocycles. The van der Waals surface area contributed by atoms with Gasteiger partial charge in [-0.05, 0) is 67.1 Å². The van der Waals surface area contributed by atoms with E-state index in [0.29, 0.717) is 30.3 Å². The number of hydrogen-bond donors (Lipinski definition) is 2. The lowest BCUT2D eigenvalue weighted by Gasteiger charge is -2.32. The normalized spacial score (nSPS) is 23.6. The largest absolute Gasteiger partial charge is 0.508 e. The first kappa shape index (κ1) is 19.6. The Morgan fingerprint density at radius 1 is 1.17 bits per heavy atom. The van der Waals surface area contributed by atoms with Crippen molar-refractivity contribution in [2.75, 3.05) is 19.6 Å². The van der Waals surface area contributed by atoms with Crippen LogP contribution in [0.1, 0.15) is 41.6 Å². The zero-order chi connectivity index (χ0) is 20.2. The molecule has 1 saturated heterocycles. The van der Waals surface area contributed by atoms with Gasteiger partial charge in [0.15, 0.2) is 0 Å². The van der Waals surface area contributed by atoms with Crippen LogP contribution in [0.2, 0.25) is 0 Å². The Balaban J connectivity index is 1.31. The minimum Gasteiger partial charge on any atom is -0.508 e. The van der Waals surface area contributed by atoms with Crippen molar-refractivity contribution < 1.29 is 9.50 Å². The van der Waals surface area contributed by atoms with E-state index in [0.717, 1.165) is 37.1 Å². The molecule has 29 heavy (non-hydrogen) atoms.